The molecule has 0 aliphatic rings. The van der Waals surface area contributed by atoms with Gasteiger partial charge in [-0.05, 0) is 50.1 Å². The molecule has 0 aliphatic carbocycles. The number of aromatic nitrogens is 1. The smallest absolute Gasteiger partial charge is 0.330 e. The van der Waals surface area contributed by atoms with Gasteiger partial charge < -0.3 is 9.47 Å². The van der Waals surface area contributed by atoms with E-state index >= 15 is 0 Å². The van der Waals surface area contributed by atoms with Crippen LogP contribution in [0.5, 0.6) is 5.75 Å². The number of halogens is 1. The summed E-state index contributed by atoms with van der Waals surface area (Å²) >= 11 is 6.23. The van der Waals surface area contributed by atoms with Crippen molar-refractivity contribution in [1.82, 2.24) is 4.57 Å². The second-order valence-electron chi connectivity index (χ2n) is 9.21. The number of rotatable bonds is 8. The minimum Gasteiger partial charge on any atom is -0.495 e. The third-order valence-corrected chi connectivity index (χ3v) is 5.68. The van der Waals surface area contributed by atoms with Gasteiger partial charge in [0.15, 0.2) is 5.78 Å². The molecule has 0 fully saturated rings. The molecule has 3 rings (SSSR count). The zero-order valence-electron chi connectivity index (χ0n) is 20.6. The second kappa shape index (κ2) is 10.9. The second-order valence-corrected chi connectivity index (χ2v) is 9.64. The van der Waals surface area contributed by atoms with E-state index in [1.54, 1.807) is 45.9 Å². The minimum atomic E-state index is -0.914. The molecule has 0 saturated carbocycles. The van der Waals surface area contributed by atoms with E-state index in [0.717, 1.165) is 5.56 Å². The lowest BCUT2D eigenvalue weighted by molar-refractivity contribution is -0.159. The number of hydrogen-bond acceptors (Lipinski definition) is 5. The highest BCUT2D eigenvalue weighted by atomic mass is 35.5. The van der Waals surface area contributed by atoms with Crippen LogP contribution < -0.4 is 10.3 Å². The molecule has 3 aromatic rings. The molecule has 0 spiro atoms. The van der Waals surface area contributed by atoms with Crippen LogP contribution in [0.1, 0.15) is 56.1 Å². The van der Waals surface area contributed by atoms with Crippen molar-refractivity contribution in [3.8, 4) is 16.9 Å². The largest absolute Gasteiger partial charge is 0.495 e. The van der Waals surface area contributed by atoms with Crippen LogP contribution in [0.15, 0.2) is 65.6 Å². The summed E-state index contributed by atoms with van der Waals surface area (Å²) in [5.74, 6) is -0.278. The van der Waals surface area contributed by atoms with Gasteiger partial charge in [-0.15, -0.1) is 0 Å². The van der Waals surface area contributed by atoms with Crippen LogP contribution in [0.25, 0.3) is 11.1 Å². The van der Waals surface area contributed by atoms with E-state index in [0.29, 0.717) is 33.9 Å². The highest BCUT2D eigenvalue weighted by Gasteiger charge is 2.29. The van der Waals surface area contributed by atoms with Crippen LogP contribution in [0, 0.1) is 0 Å². The summed E-state index contributed by atoms with van der Waals surface area (Å²) in [5.41, 5.74) is 1.10. The maximum absolute atomic E-state index is 13.4. The number of nitrogens with zero attached hydrogens (tertiary/aromatic N) is 1. The SMILES string of the molecule is CCC(=O)c1ccc(Cl)cc1-c1cc(=O)n(C(Cc2ccccc2)C(=O)OC(C)(C)C)cc1OC. The molecule has 0 saturated heterocycles. The van der Waals surface area contributed by atoms with Gasteiger partial charge in [-0.25, -0.2) is 4.79 Å². The highest BCUT2D eigenvalue weighted by molar-refractivity contribution is 6.31. The Kier molecular flexibility index (Phi) is 8.18. The number of esters is 1. The normalized spacial score (nSPS) is 12.2. The van der Waals surface area contributed by atoms with Gasteiger partial charge in [-0.1, -0.05) is 48.9 Å². The molecule has 7 heteroatoms. The van der Waals surface area contributed by atoms with Crippen molar-refractivity contribution in [2.45, 2.75) is 52.2 Å². The molecule has 1 aromatic heterocycles. The van der Waals surface area contributed by atoms with E-state index in [-0.39, 0.29) is 12.2 Å². The molecule has 0 aliphatic heterocycles. The van der Waals surface area contributed by atoms with E-state index in [9.17, 15) is 14.4 Å². The monoisotopic (exact) mass is 495 g/mol. The van der Waals surface area contributed by atoms with Crippen molar-refractivity contribution in [3.63, 3.8) is 0 Å². The fourth-order valence-corrected chi connectivity index (χ4v) is 3.99. The molecule has 1 atom stereocenters. The van der Waals surface area contributed by atoms with E-state index in [4.69, 9.17) is 21.1 Å². The van der Waals surface area contributed by atoms with Crippen molar-refractivity contribution in [1.29, 1.82) is 0 Å². The lowest BCUT2D eigenvalue weighted by Crippen LogP contribution is -2.36. The number of Topliss-reactive ketones (excluding diaryl/α,β-unsaturated/α-hetero) is 1. The van der Waals surface area contributed by atoms with E-state index in [2.05, 4.69) is 0 Å². The number of carbonyl (C=O) groups is 2. The Morgan fingerprint density at radius 2 is 1.71 bits per heavy atom. The number of benzene rings is 2. The van der Waals surface area contributed by atoms with Gasteiger partial charge in [0, 0.05) is 35.1 Å². The standard InChI is InChI=1S/C28H30ClNO5/c1-6-24(31)20-13-12-19(29)15-21(20)22-16-26(32)30(17-25(22)34-5)23(27(33)35-28(2,3)4)14-18-10-8-7-9-11-18/h7-13,15-17,23H,6,14H2,1-5H3. The Labute approximate surface area is 210 Å². The predicted molar refractivity (Wildman–Crippen MR) is 137 cm³/mol. The van der Waals surface area contributed by atoms with Crippen LogP contribution in [0.2, 0.25) is 5.02 Å². The molecule has 184 valence electrons. The summed E-state index contributed by atoms with van der Waals surface area (Å²) in [6, 6.07) is 14.8. The average Bonchev–Trinajstić information content (AvgIpc) is 2.81. The third-order valence-electron chi connectivity index (χ3n) is 5.44. The molecule has 0 bridgehead atoms. The lowest BCUT2D eigenvalue weighted by atomic mass is 9.96. The van der Waals surface area contributed by atoms with Crippen LogP contribution >= 0.6 is 11.6 Å². The van der Waals surface area contributed by atoms with Gasteiger partial charge in [0.25, 0.3) is 5.56 Å². The Morgan fingerprint density at radius 3 is 2.31 bits per heavy atom. The van der Waals surface area contributed by atoms with Crippen LogP contribution in [-0.4, -0.2) is 29.0 Å². The maximum Gasteiger partial charge on any atom is 0.330 e. The van der Waals surface area contributed by atoms with Crippen molar-refractivity contribution >= 4 is 23.4 Å². The molecule has 0 N–H and O–H groups in total. The Bertz CT molecular complexity index is 1270. The summed E-state index contributed by atoms with van der Waals surface area (Å²) in [4.78, 5) is 39.2. The Hall–Kier alpha value is -3.38. The van der Waals surface area contributed by atoms with Crippen molar-refractivity contribution in [2.24, 2.45) is 0 Å². The lowest BCUT2D eigenvalue weighted by Gasteiger charge is -2.26. The number of ketones is 1. The van der Waals surface area contributed by atoms with Crippen LogP contribution in [-0.2, 0) is 16.0 Å². The molecule has 1 heterocycles. The number of pyridine rings is 1. The fourth-order valence-electron chi connectivity index (χ4n) is 3.82. The first-order valence-electron chi connectivity index (χ1n) is 11.4. The first-order chi connectivity index (χ1) is 16.5. The highest BCUT2D eigenvalue weighted by Crippen LogP contribution is 2.34. The van der Waals surface area contributed by atoms with E-state index < -0.39 is 23.2 Å². The van der Waals surface area contributed by atoms with Crippen molar-refractivity contribution in [2.75, 3.05) is 7.11 Å². The van der Waals surface area contributed by atoms with Gasteiger partial charge in [0.2, 0.25) is 0 Å². The summed E-state index contributed by atoms with van der Waals surface area (Å²) in [6.07, 6.45) is 2.05. The third kappa shape index (κ3) is 6.40. The number of ether oxygens (including phenoxy) is 2. The molecular weight excluding hydrogens is 466 g/mol. The Morgan fingerprint density at radius 1 is 1.03 bits per heavy atom. The number of hydrogen-bond donors (Lipinski definition) is 0. The number of methoxy groups -OCH3 is 1. The van der Waals surface area contributed by atoms with Crippen LogP contribution in [0.3, 0.4) is 0 Å². The topological polar surface area (TPSA) is 74.6 Å². The van der Waals surface area contributed by atoms with E-state index in [1.807, 2.05) is 30.3 Å². The van der Waals surface area contributed by atoms with E-state index in [1.165, 1.54) is 23.9 Å². The van der Waals surface area contributed by atoms with Gasteiger partial charge in [0.1, 0.15) is 17.4 Å². The minimum absolute atomic E-state index is 0.0846. The quantitative estimate of drug-likeness (QED) is 0.287. The van der Waals surface area contributed by atoms with Gasteiger partial charge >= 0.3 is 5.97 Å². The summed E-state index contributed by atoms with van der Waals surface area (Å²) in [5, 5.41) is 0.426. The maximum atomic E-state index is 13.4. The van der Waals surface area contributed by atoms with Gasteiger partial charge in [-0.3, -0.25) is 14.2 Å². The molecular formula is C28H30ClNO5. The summed E-state index contributed by atoms with van der Waals surface area (Å²) in [7, 11) is 1.47. The van der Waals surface area contributed by atoms with Gasteiger partial charge in [-0.2, -0.15) is 0 Å². The summed E-state index contributed by atoms with van der Waals surface area (Å²) in [6.45, 7) is 7.11. The Balaban J connectivity index is 2.17. The van der Waals surface area contributed by atoms with Crippen molar-refractivity contribution in [3.05, 3.63) is 87.3 Å². The predicted octanol–water partition coefficient (Wildman–Crippen LogP) is 5.90. The zero-order chi connectivity index (χ0) is 25.8. The fraction of sp³-hybridized carbons (Fsp3) is 0.321. The first-order valence-corrected chi connectivity index (χ1v) is 11.8. The molecule has 1 unspecified atom stereocenters. The van der Waals surface area contributed by atoms with Gasteiger partial charge in [0.05, 0.1) is 13.3 Å². The molecule has 2 aromatic carbocycles. The van der Waals surface area contributed by atoms with Crippen LogP contribution in [0.4, 0.5) is 0 Å². The number of carbonyl (C=O) groups excluding carboxylic acids is 2. The molecule has 0 radical (unpaired) electrons. The molecule has 0 amide bonds. The average molecular weight is 496 g/mol. The molecule has 35 heavy (non-hydrogen) atoms. The first kappa shape index (κ1) is 26.2. The summed E-state index contributed by atoms with van der Waals surface area (Å²) < 4.78 is 12.6. The molecule has 6 nitrogen and oxygen atoms in total. The zero-order valence-corrected chi connectivity index (χ0v) is 21.4. The van der Waals surface area contributed by atoms with Crippen molar-refractivity contribution < 1.29 is 19.1 Å².